The molecule has 3 rings (SSSR count). The number of rotatable bonds is 3. The highest BCUT2D eigenvalue weighted by Gasteiger charge is 2.50. The van der Waals surface area contributed by atoms with Gasteiger partial charge >= 0.3 is 0 Å². The molecule has 1 aromatic rings. The molecule has 0 unspecified atom stereocenters. The third kappa shape index (κ3) is 2.22. The average Bonchev–Trinajstić information content (AvgIpc) is 2.94. The van der Waals surface area contributed by atoms with Gasteiger partial charge in [-0.1, -0.05) is 6.07 Å². The van der Waals surface area contributed by atoms with Gasteiger partial charge in [0.2, 0.25) is 0 Å². The maximum absolute atomic E-state index is 12.0. The van der Waals surface area contributed by atoms with Crippen LogP contribution in [0.4, 0.5) is 0 Å². The van der Waals surface area contributed by atoms with Crippen molar-refractivity contribution in [1.82, 2.24) is 4.90 Å². The van der Waals surface area contributed by atoms with Crippen LogP contribution in [0.1, 0.15) is 35.4 Å². The van der Waals surface area contributed by atoms with Gasteiger partial charge in [0, 0.05) is 28.4 Å². The molecule has 0 amide bonds. The Bertz CT molecular complexity index is 646. The molecule has 1 saturated carbocycles. The third-order valence-electron chi connectivity index (χ3n) is 5.04. The summed E-state index contributed by atoms with van der Waals surface area (Å²) in [6.07, 6.45) is 2.21. The van der Waals surface area contributed by atoms with Crippen LogP contribution in [0.15, 0.2) is 18.2 Å². The van der Waals surface area contributed by atoms with Gasteiger partial charge in [0.25, 0.3) is 0 Å². The minimum absolute atomic E-state index is 0.146. The van der Waals surface area contributed by atoms with Crippen molar-refractivity contribution in [3.8, 4) is 11.5 Å². The van der Waals surface area contributed by atoms with Crippen LogP contribution in [0.5, 0.6) is 11.5 Å². The molecule has 1 aliphatic carbocycles. The van der Waals surface area contributed by atoms with Crippen LogP contribution in [-0.4, -0.2) is 44.5 Å². The predicted molar refractivity (Wildman–Crippen MR) is 81.1 cm³/mol. The van der Waals surface area contributed by atoms with Crippen LogP contribution < -0.4 is 9.47 Å². The zero-order chi connectivity index (χ0) is 17.5. The van der Waals surface area contributed by atoms with E-state index in [4.69, 9.17) is 13.6 Å². The summed E-state index contributed by atoms with van der Waals surface area (Å²) in [5.74, 6) is 1.42. The Labute approximate surface area is 130 Å². The molecule has 4 heteroatoms. The number of likely N-dealkylation sites (tertiary alicyclic amines) is 1. The van der Waals surface area contributed by atoms with E-state index in [-0.39, 0.29) is 17.2 Å². The molecule has 0 radical (unpaired) electrons. The van der Waals surface area contributed by atoms with Crippen molar-refractivity contribution in [2.45, 2.75) is 37.1 Å². The van der Waals surface area contributed by atoms with Gasteiger partial charge in [0.05, 0.1) is 14.2 Å². The summed E-state index contributed by atoms with van der Waals surface area (Å²) in [6.45, 7) is -1.70. The fourth-order valence-corrected chi connectivity index (χ4v) is 3.85. The Morgan fingerprint density at radius 1 is 1.29 bits per heavy atom. The highest BCUT2D eigenvalue weighted by molar-refractivity contribution is 5.81. The zero-order valence-corrected chi connectivity index (χ0v) is 12.5. The topological polar surface area (TPSA) is 38.8 Å². The lowest BCUT2D eigenvalue weighted by atomic mass is 9.66. The number of fused-ring (bicyclic) bond motifs is 1. The molecule has 1 saturated heterocycles. The monoisotopic (exact) mass is 292 g/mol. The number of ether oxygens (including phenoxy) is 2. The van der Waals surface area contributed by atoms with Crippen molar-refractivity contribution in [3.05, 3.63) is 23.8 Å². The number of benzene rings is 1. The Hall–Kier alpha value is -1.55. The first-order chi connectivity index (χ1) is 11.3. The van der Waals surface area contributed by atoms with E-state index >= 15 is 0 Å². The normalized spacial score (nSPS) is 32.0. The van der Waals surface area contributed by atoms with Crippen LogP contribution in [0, 0.1) is 0 Å². The molecule has 114 valence electrons. The van der Waals surface area contributed by atoms with Gasteiger partial charge in [-0.3, -0.25) is 4.79 Å². The van der Waals surface area contributed by atoms with Crippen molar-refractivity contribution >= 4 is 5.78 Å². The molecular weight excluding hydrogens is 266 g/mol. The molecular formula is C17H23NO3. The summed E-state index contributed by atoms with van der Waals surface area (Å²) >= 11 is 0. The number of hydrogen-bond donors (Lipinski definition) is 0. The molecule has 21 heavy (non-hydrogen) atoms. The van der Waals surface area contributed by atoms with Crippen LogP contribution >= 0.6 is 0 Å². The zero-order valence-electron chi connectivity index (χ0n) is 15.5. The Morgan fingerprint density at radius 2 is 2.10 bits per heavy atom. The van der Waals surface area contributed by atoms with Crippen LogP contribution in [-0.2, 0) is 10.2 Å². The fourth-order valence-electron chi connectivity index (χ4n) is 3.85. The van der Waals surface area contributed by atoms with Crippen molar-refractivity contribution in [2.75, 3.05) is 27.7 Å². The SMILES string of the molecule is [2H]C([2H])([2H])N1CC[C@]2(c3ccc(OC)c(OC)c3)CCC(=O)C[C@H]12. The maximum Gasteiger partial charge on any atom is 0.161 e. The van der Waals surface area contributed by atoms with Gasteiger partial charge in [-0.05, 0) is 44.1 Å². The maximum atomic E-state index is 12.0. The minimum atomic E-state index is -2.18. The lowest BCUT2D eigenvalue weighted by Crippen LogP contribution is -2.46. The largest absolute Gasteiger partial charge is 0.493 e. The first-order valence-electron chi connectivity index (χ1n) is 8.83. The van der Waals surface area contributed by atoms with E-state index in [1.165, 1.54) is 4.90 Å². The average molecular weight is 292 g/mol. The summed E-state index contributed by atoms with van der Waals surface area (Å²) in [5.41, 5.74) is 0.714. The smallest absolute Gasteiger partial charge is 0.161 e. The van der Waals surface area contributed by atoms with E-state index in [9.17, 15) is 4.79 Å². The summed E-state index contributed by atoms with van der Waals surface area (Å²) < 4.78 is 34.1. The minimum Gasteiger partial charge on any atom is -0.493 e. The number of carbonyl (C=O) groups excluding carboxylic acids is 1. The summed E-state index contributed by atoms with van der Waals surface area (Å²) in [5, 5.41) is 0. The van der Waals surface area contributed by atoms with E-state index < -0.39 is 6.98 Å². The van der Waals surface area contributed by atoms with E-state index in [1.54, 1.807) is 14.2 Å². The molecule has 2 aliphatic rings. The second kappa shape index (κ2) is 5.34. The molecule has 2 fully saturated rings. The Morgan fingerprint density at radius 3 is 2.81 bits per heavy atom. The number of likely N-dealkylation sites (N-methyl/N-ethyl adjacent to an activating group) is 1. The highest BCUT2D eigenvalue weighted by Crippen LogP contribution is 2.48. The quantitative estimate of drug-likeness (QED) is 0.857. The molecule has 1 heterocycles. The van der Waals surface area contributed by atoms with Gasteiger partial charge < -0.3 is 14.4 Å². The summed E-state index contributed by atoms with van der Waals surface area (Å²) in [7, 11) is 3.17. The number of hydrogen-bond acceptors (Lipinski definition) is 4. The molecule has 4 nitrogen and oxygen atoms in total. The van der Waals surface area contributed by atoms with E-state index in [2.05, 4.69) is 0 Å². The Kier molecular flexibility index (Phi) is 2.81. The first-order valence-corrected chi connectivity index (χ1v) is 7.33. The molecule has 0 bridgehead atoms. The van der Waals surface area contributed by atoms with Gasteiger partial charge in [-0.25, -0.2) is 0 Å². The van der Waals surface area contributed by atoms with Gasteiger partial charge in [-0.2, -0.15) is 0 Å². The molecule has 0 N–H and O–H groups in total. The fraction of sp³-hybridized carbons (Fsp3) is 0.588. The molecule has 1 aliphatic heterocycles. The summed E-state index contributed by atoms with van der Waals surface area (Å²) in [4.78, 5) is 13.5. The second-order valence-electron chi connectivity index (χ2n) is 5.93. The van der Waals surface area contributed by atoms with Crippen molar-refractivity contribution in [3.63, 3.8) is 0 Å². The lowest BCUT2D eigenvalue weighted by molar-refractivity contribution is -0.122. The Balaban J connectivity index is 2.05. The third-order valence-corrected chi connectivity index (χ3v) is 5.04. The van der Waals surface area contributed by atoms with E-state index in [0.717, 1.165) is 12.0 Å². The molecule has 2 atom stereocenters. The highest BCUT2D eigenvalue weighted by atomic mass is 16.5. The van der Waals surface area contributed by atoms with Gasteiger partial charge in [0.15, 0.2) is 11.5 Å². The number of ketones is 1. The number of methoxy groups -OCH3 is 2. The van der Waals surface area contributed by atoms with Crippen molar-refractivity contribution in [2.24, 2.45) is 0 Å². The predicted octanol–water partition coefficient (Wildman–Crippen LogP) is 2.40. The number of carbonyl (C=O) groups is 1. The van der Waals surface area contributed by atoms with Crippen molar-refractivity contribution < 1.29 is 18.4 Å². The van der Waals surface area contributed by atoms with Crippen LogP contribution in [0.3, 0.4) is 0 Å². The standard InChI is InChI=1S/C17H23NO3/c1-18-9-8-17(7-6-13(19)11-16(17)18)12-4-5-14(20-2)15(10-12)21-3/h4-5,10,16H,6-9,11H2,1-3H3/t16-,17-/m0/s1/i1D3. The van der Waals surface area contributed by atoms with Gasteiger partial charge in [-0.15, -0.1) is 0 Å². The number of Topliss-reactive ketones (excluding diaryl/α,β-unsaturated/α-hetero) is 1. The first kappa shape index (κ1) is 11.1. The van der Waals surface area contributed by atoms with Crippen molar-refractivity contribution in [1.29, 1.82) is 0 Å². The van der Waals surface area contributed by atoms with Crippen LogP contribution in [0.2, 0.25) is 0 Å². The molecule has 0 aromatic heterocycles. The number of nitrogens with zero attached hydrogens (tertiary/aromatic N) is 1. The molecule has 0 spiro atoms. The second-order valence-corrected chi connectivity index (χ2v) is 5.93. The van der Waals surface area contributed by atoms with Crippen LogP contribution in [0.25, 0.3) is 0 Å². The summed E-state index contributed by atoms with van der Waals surface area (Å²) in [6, 6.07) is 5.48. The van der Waals surface area contributed by atoms with E-state index in [1.807, 2.05) is 18.2 Å². The van der Waals surface area contributed by atoms with Gasteiger partial charge in [0.1, 0.15) is 5.78 Å². The molecule has 1 aromatic carbocycles. The van der Waals surface area contributed by atoms with E-state index in [0.29, 0.717) is 37.3 Å². The lowest BCUT2D eigenvalue weighted by Gasteiger charge is -2.41.